The van der Waals surface area contributed by atoms with Crippen molar-refractivity contribution in [2.24, 2.45) is 5.92 Å². The van der Waals surface area contributed by atoms with Gasteiger partial charge in [-0.15, -0.1) is 0 Å². The molecule has 1 rings (SSSR count). The zero-order valence-corrected chi connectivity index (χ0v) is 11.7. The van der Waals surface area contributed by atoms with Gasteiger partial charge >= 0.3 is 6.09 Å². The summed E-state index contributed by atoms with van der Waals surface area (Å²) in [5.41, 5.74) is -0.418. The van der Waals surface area contributed by atoms with Crippen LogP contribution in [-0.4, -0.2) is 30.3 Å². The van der Waals surface area contributed by atoms with E-state index in [4.69, 9.17) is 4.74 Å². The second-order valence-corrected chi connectivity index (χ2v) is 6.19. The molecule has 4 nitrogen and oxygen atoms in total. The Labute approximate surface area is 104 Å². The number of hydrogen-bond acceptors (Lipinski definition) is 3. The molecule has 17 heavy (non-hydrogen) atoms. The Morgan fingerprint density at radius 1 is 1.29 bits per heavy atom. The molecule has 1 aliphatic rings. The summed E-state index contributed by atoms with van der Waals surface area (Å²) < 4.78 is 5.22. The quantitative estimate of drug-likeness (QED) is 0.781. The van der Waals surface area contributed by atoms with Crippen molar-refractivity contribution >= 4 is 6.09 Å². The molecule has 2 atom stereocenters. The van der Waals surface area contributed by atoms with Gasteiger partial charge in [-0.3, -0.25) is 0 Å². The lowest BCUT2D eigenvalue weighted by atomic mass is 9.89. The van der Waals surface area contributed by atoms with E-state index in [-0.39, 0.29) is 6.09 Å². The molecule has 2 N–H and O–H groups in total. The third-order valence-corrected chi connectivity index (χ3v) is 2.88. The van der Waals surface area contributed by atoms with Crippen molar-refractivity contribution in [3.05, 3.63) is 0 Å². The SMILES string of the molecule is CC1CC(CNC(=O)OC(C)(C)C)CC(C)N1. The van der Waals surface area contributed by atoms with Crippen molar-refractivity contribution < 1.29 is 9.53 Å². The van der Waals surface area contributed by atoms with Crippen LogP contribution in [0.3, 0.4) is 0 Å². The molecule has 1 aliphatic heterocycles. The summed E-state index contributed by atoms with van der Waals surface area (Å²) >= 11 is 0. The van der Waals surface area contributed by atoms with Crippen LogP contribution in [-0.2, 0) is 4.74 Å². The molecule has 0 bridgehead atoms. The zero-order valence-electron chi connectivity index (χ0n) is 11.7. The lowest BCUT2D eigenvalue weighted by Crippen LogP contribution is -2.45. The predicted molar refractivity (Wildman–Crippen MR) is 69.0 cm³/mol. The van der Waals surface area contributed by atoms with Crippen LogP contribution in [0.1, 0.15) is 47.5 Å². The van der Waals surface area contributed by atoms with Crippen molar-refractivity contribution in [2.75, 3.05) is 6.54 Å². The summed E-state index contributed by atoms with van der Waals surface area (Å²) in [6.07, 6.45) is 1.91. The second kappa shape index (κ2) is 5.71. The number of hydrogen-bond donors (Lipinski definition) is 2. The third-order valence-electron chi connectivity index (χ3n) is 2.88. The lowest BCUT2D eigenvalue weighted by Gasteiger charge is -2.33. The predicted octanol–water partition coefficient (Wildman–Crippen LogP) is 2.29. The van der Waals surface area contributed by atoms with Gasteiger partial charge in [0.1, 0.15) is 5.60 Å². The van der Waals surface area contributed by atoms with Gasteiger partial charge in [-0.1, -0.05) is 0 Å². The first-order chi connectivity index (χ1) is 7.76. The molecule has 0 saturated carbocycles. The summed E-state index contributed by atoms with van der Waals surface area (Å²) in [6, 6.07) is 1.06. The summed E-state index contributed by atoms with van der Waals surface area (Å²) in [7, 11) is 0. The first kappa shape index (κ1) is 14.3. The van der Waals surface area contributed by atoms with Gasteiger partial charge < -0.3 is 15.4 Å². The molecule has 0 aromatic heterocycles. The molecule has 0 aromatic carbocycles. The first-order valence-corrected chi connectivity index (χ1v) is 6.49. The largest absolute Gasteiger partial charge is 0.444 e. The standard InChI is InChI=1S/C13H26N2O2/c1-9-6-11(7-10(2)15-9)8-14-12(16)17-13(3,4)5/h9-11,15H,6-8H2,1-5H3,(H,14,16). The second-order valence-electron chi connectivity index (χ2n) is 6.19. The number of piperidine rings is 1. The van der Waals surface area contributed by atoms with Gasteiger partial charge in [-0.05, 0) is 53.4 Å². The molecule has 1 fully saturated rings. The highest BCUT2D eigenvalue weighted by Gasteiger charge is 2.24. The Balaban J connectivity index is 2.28. The molecule has 0 aromatic rings. The third kappa shape index (κ3) is 5.91. The van der Waals surface area contributed by atoms with Crippen LogP contribution in [0.15, 0.2) is 0 Å². The molecule has 0 spiro atoms. The molecular formula is C13H26N2O2. The van der Waals surface area contributed by atoms with Gasteiger partial charge in [0, 0.05) is 18.6 Å². The minimum Gasteiger partial charge on any atom is -0.444 e. The molecule has 1 heterocycles. The zero-order chi connectivity index (χ0) is 13.1. The normalized spacial score (nSPS) is 29.8. The average molecular weight is 242 g/mol. The maximum Gasteiger partial charge on any atom is 0.407 e. The summed E-state index contributed by atoms with van der Waals surface area (Å²) in [5, 5.41) is 6.35. The fraction of sp³-hybridized carbons (Fsp3) is 0.923. The molecule has 2 unspecified atom stereocenters. The van der Waals surface area contributed by atoms with Gasteiger partial charge in [0.2, 0.25) is 0 Å². The summed E-state index contributed by atoms with van der Waals surface area (Å²) in [6.45, 7) is 10.7. The van der Waals surface area contributed by atoms with E-state index in [1.165, 1.54) is 0 Å². The van der Waals surface area contributed by atoms with Crippen molar-refractivity contribution in [1.29, 1.82) is 0 Å². The smallest absolute Gasteiger partial charge is 0.407 e. The van der Waals surface area contributed by atoms with Gasteiger partial charge in [-0.25, -0.2) is 4.79 Å². The van der Waals surface area contributed by atoms with Crippen LogP contribution in [0, 0.1) is 5.92 Å². The minimum absolute atomic E-state index is 0.309. The summed E-state index contributed by atoms with van der Waals surface area (Å²) in [5.74, 6) is 0.550. The number of nitrogens with one attached hydrogen (secondary N) is 2. The Hall–Kier alpha value is -0.770. The van der Waals surface area contributed by atoms with Crippen LogP contribution >= 0.6 is 0 Å². The number of amides is 1. The number of ether oxygens (including phenoxy) is 1. The van der Waals surface area contributed by atoms with Crippen LogP contribution in [0.4, 0.5) is 4.79 Å². The molecular weight excluding hydrogens is 216 g/mol. The highest BCUT2D eigenvalue weighted by Crippen LogP contribution is 2.19. The van der Waals surface area contributed by atoms with Crippen LogP contribution in [0.25, 0.3) is 0 Å². The Bertz CT molecular complexity index is 251. The Morgan fingerprint density at radius 2 is 1.82 bits per heavy atom. The van der Waals surface area contributed by atoms with E-state index in [0.29, 0.717) is 24.5 Å². The van der Waals surface area contributed by atoms with Gasteiger partial charge in [0.15, 0.2) is 0 Å². The molecule has 100 valence electrons. The minimum atomic E-state index is -0.418. The monoisotopic (exact) mass is 242 g/mol. The molecule has 1 saturated heterocycles. The fourth-order valence-electron chi connectivity index (χ4n) is 2.43. The summed E-state index contributed by atoms with van der Waals surface area (Å²) in [4.78, 5) is 11.5. The number of alkyl carbamates (subject to hydrolysis) is 1. The number of carbonyl (C=O) groups excluding carboxylic acids is 1. The van der Waals surface area contributed by atoms with E-state index in [0.717, 1.165) is 12.8 Å². The van der Waals surface area contributed by atoms with E-state index in [1.54, 1.807) is 0 Å². The topological polar surface area (TPSA) is 50.4 Å². The lowest BCUT2D eigenvalue weighted by molar-refractivity contribution is 0.0512. The molecule has 0 radical (unpaired) electrons. The Morgan fingerprint density at radius 3 is 2.29 bits per heavy atom. The highest BCUT2D eigenvalue weighted by molar-refractivity contribution is 5.67. The van der Waals surface area contributed by atoms with Gasteiger partial charge in [0.25, 0.3) is 0 Å². The number of rotatable bonds is 2. The van der Waals surface area contributed by atoms with Crippen LogP contribution < -0.4 is 10.6 Å². The molecule has 4 heteroatoms. The van der Waals surface area contributed by atoms with Gasteiger partial charge in [0.05, 0.1) is 0 Å². The highest BCUT2D eigenvalue weighted by atomic mass is 16.6. The van der Waals surface area contributed by atoms with Crippen molar-refractivity contribution in [2.45, 2.75) is 65.1 Å². The van der Waals surface area contributed by atoms with E-state index in [9.17, 15) is 4.79 Å². The van der Waals surface area contributed by atoms with E-state index >= 15 is 0 Å². The maximum absolute atomic E-state index is 11.5. The fourth-order valence-corrected chi connectivity index (χ4v) is 2.43. The Kier molecular flexibility index (Phi) is 4.80. The van der Waals surface area contributed by atoms with Crippen LogP contribution in [0.5, 0.6) is 0 Å². The first-order valence-electron chi connectivity index (χ1n) is 6.49. The molecule has 1 amide bonds. The van der Waals surface area contributed by atoms with Crippen molar-refractivity contribution in [1.82, 2.24) is 10.6 Å². The molecule has 0 aliphatic carbocycles. The van der Waals surface area contributed by atoms with Crippen molar-refractivity contribution in [3.8, 4) is 0 Å². The van der Waals surface area contributed by atoms with Crippen molar-refractivity contribution in [3.63, 3.8) is 0 Å². The van der Waals surface area contributed by atoms with Gasteiger partial charge in [-0.2, -0.15) is 0 Å². The van der Waals surface area contributed by atoms with E-state index < -0.39 is 5.60 Å². The van der Waals surface area contributed by atoms with E-state index in [1.807, 2.05) is 20.8 Å². The number of carbonyl (C=O) groups is 1. The van der Waals surface area contributed by atoms with E-state index in [2.05, 4.69) is 24.5 Å². The average Bonchev–Trinajstić information content (AvgIpc) is 2.10. The maximum atomic E-state index is 11.5. The van der Waals surface area contributed by atoms with Crippen LogP contribution in [0.2, 0.25) is 0 Å².